The van der Waals surface area contributed by atoms with Gasteiger partial charge >= 0.3 is 0 Å². The number of piperidine rings is 1. The predicted molar refractivity (Wildman–Crippen MR) is 77.2 cm³/mol. The average molecular weight is 260 g/mol. The molecular formula is C16H24N2O. The summed E-state index contributed by atoms with van der Waals surface area (Å²) in [6, 6.07) is 9.03. The number of benzene rings is 1. The van der Waals surface area contributed by atoms with Gasteiger partial charge in [0.05, 0.1) is 6.61 Å². The van der Waals surface area contributed by atoms with Gasteiger partial charge in [0.2, 0.25) is 0 Å². The minimum Gasteiger partial charge on any atom is -0.383 e. The van der Waals surface area contributed by atoms with Crippen molar-refractivity contribution in [2.75, 3.05) is 33.4 Å². The number of nitrogens with zero attached hydrogens (tertiary/aromatic N) is 1. The van der Waals surface area contributed by atoms with Crippen molar-refractivity contribution in [2.45, 2.75) is 30.7 Å². The zero-order valence-electron chi connectivity index (χ0n) is 11.8. The SMILES string of the molecule is COCCN1CCC2(CC1)CC(N)c1ccccc12. The Bertz CT molecular complexity index is 438. The largest absolute Gasteiger partial charge is 0.383 e. The van der Waals surface area contributed by atoms with Crippen LogP contribution in [-0.4, -0.2) is 38.3 Å². The van der Waals surface area contributed by atoms with Crippen LogP contribution in [0.2, 0.25) is 0 Å². The lowest BCUT2D eigenvalue weighted by Crippen LogP contribution is -2.42. The first-order chi connectivity index (χ1) is 9.25. The highest BCUT2D eigenvalue weighted by Crippen LogP contribution is 2.49. The van der Waals surface area contributed by atoms with Gasteiger partial charge < -0.3 is 15.4 Å². The summed E-state index contributed by atoms with van der Waals surface area (Å²) in [4.78, 5) is 2.52. The highest BCUT2D eigenvalue weighted by Gasteiger charge is 2.43. The van der Waals surface area contributed by atoms with Crippen molar-refractivity contribution in [3.8, 4) is 0 Å². The Morgan fingerprint density at radius 2 is 2.05 bits per heavy atom. The van der Waals surface area contributed by atoms with E-state index in [9.17, 15) is 0 Å². The van der Waals surface area contributed by atoms with Gasteiger partial charge in [-0.15, -0.1) is 0 Å². The van der Waals surface area contributed by atoms with E-state index in [1.807, 2.05) is 0 Å². The Kier molecular flexibility index (Phi) is 3.61. The monoisotopic (exact) mass is 260 g/mol. The molecule has 1 aliphatic carbocycles. The van der Waals surface area contributed by atoms with Crippen LogP contribution in [0.5, 0.6) is 0 Å². The standard InChI is InChI=1S/C16H24N2O/c1-19-11-10-18-8-6-16(7-9-18)12-15(17)13-4-2-3-5-14(13)16/h2-5,15H,6-12,17H2,1H3. The molecule has 2 aliphatic rings. The molecule has 0 radical (unpaired) electrons. The minimum absolute atomic E-state index is 0.238. The summed E-state index contributed by atoms with van der Waals surface area (Å²) in [5, 5.41) is 0. The van der Waals surface area contributed by atoms with Crippen molar-refractivity contribution >= 4 is 0 Å². The van der Waals surface area contributed by atoms with Crippen molar-refractivity contribution in [1.82, 2.24) is 4.90 Å². The van der Waals surface area contributed by atoms with Gasteiger partial charge in [-0.25, -0.2) is 0 Å². The maximum absolute atomic E-state index is 6.33. The summed E-state index contributed by atoms with van der Waals surface area (Å²) in [5.74, 6) is 0. The summed E-state index contributed by atoms with van der Waals surface area (Å²) in [7, 11) is 1.78. The molecule has 1 spiro atoms. The molecule has 1 atom stereocenters. The van der Waals surface area contributed by atoms with Crippen molar-refractivity contribution in [1.29, 1.82) is 0 Å². The van der Waals surface area contributed by atoms with Crippen LogP contribution in [0, 0.1) is 0 Å². The lowest BCUT2D eigenvalue weighted by molar-refractivity contribution is 0.108. The number of hydrogen-bond donors (Lipinski definition) is 1. The van der Waals surface area contributed by atoms with E-state index in [2.05, 4.69) is 29.2 Å². The van der Waals surface area contributed by atoms with E-state index in [1.54, 1.807) is 7.11 Å². The second-order valence-corrected chi connectivity index (χ2v) is 6.01. The second-order valence-electron chi connectivity index (χ2n) is 6.01. The quantitative estimate of drug-likeness (QED) is 0.904. The zero-order valence-corrected chi connectivity index (χ0v) is 11.8. The van der Waals surface area contributed by atoms with Gasteiger partial charge in [0.1, 0.15) is 0 Å². The molecule has 3 nitrogen and oxygen atoms in total. The first kappa shape index (κ1) is 13.1. The first-order valence-corrected chi connectivity index (χ1v) is 7.31. The van der Waals surface area contributed by atoms with Crippen LogP contribution in [0.1, 0.15) is 36.4 Å². The van der Waals surface area contributed by atoms with Gasteiger partial charge in [-0.1, -0.05) is 24.3 Å². The van der Waals surface area contributed by atoms with Crippen LogP contribution in [0.3, 0.4) is 0 Å². The first-order valence-electron chi connectivity index (χ1n) is 7.31. The molecule has 2 N–H and O–H groups in total. The van der Waals surface area contributed by atoms with E-state index >= 15 is 0 Å². The summed E-state index contributed by atoms with van der Waals surface area (Å²) < 4.78 is 5.17. The highest BCUT2D eigenvalue weighted by molar-refractivity contribution is 5.42. The van der Waals surface area contributed by atoms with Crippen molar-refractivity contribution in [2.24, 2.45) is 5.73 Å². The van der Waals surface area contributed by atoms with Gasteiger partial charge in [0.25, 0.3) is 0 Å². The number of nitrogens with two attached hydrogens (primary N) is 1. The van der Waals surface area contributed by atoms with E-state index in [1.165, 1.54) is 37.1 Å². The maximum Gasteiger partial charge on any atom is 0.0589 e. The van der Waals surface area contributed by atoms with Crippen molar-refractivity contribution in [3.05, 3.63) is 35.4 Å². The van der Waals surface area contributed by atoms with Crippen molar-refractivity contribution < 1.29 is 4.74 Å². The Morgan fingerprint density at radius 3 is 2.79 bits per heavy atom. The molecule has 0 bridgehead atoms. The zero-order chi connectivity index (χ0) is 13.3. The van der Waals surface area contributed by atoms with Gasteiger partial charge in [0, 0.05) is 19.7 Å². The number of hydrogen-bond acceptors (Lipinski definition) is 3. The van der Waals surface area contributed by atoms with Crippen LogP contribution in [-0.2, 0) is 10.2 Å². The second kappa shape index (κ2) is 5.23. The van der Waals surface area contributed by atoms with Crippen LogP contribution >= 0.6 is 0 Å². The van der Waals surface area contributed by atoms with Gasteiger partial charge in [-0.3, -0.25) is 0 Å². The molecule has 1 aromatic rings. The predicted octanol–water partition coefficient (Wildman–Crippen LogP) is 2.07. The lowest BCUT2D eigenvalue weighted by atomic mass is 9.73. The number of fused-ring (bicyclic) bond motifs is 2. The molecule has 1 heterocycles. The van der Waals surface area contributed by atoms with Gasteiger partial charge in [0.15, 0.2) is 0 Å². The smallest absolute Gasteiger partial charge is 0.0589 e. The van der Waals surface area contributed by atoms with Crippen LogP contribution in [0.25, 0.3) is 0 Å². The van der Waals surface area contributed by atoms with Crippen LogP contribution < -0.4 is 5.73 Å². The van der Waals surface area contributed by atoms with E-state index in [0.717, 1.165) is 19.6 Å². The molecule has 1 fully saturated rings. The van der Waals surface area contributed by atoms with E-state index in [0.29, 0.717) is 5.41 Å². The molecule has 19 heavy (non-hydrogen) atoms. The number of methoxy groups -OCH3 is 1. The Hall–Kier alpha value is -0.900. The van der Waals surface area contributed by atoms with Crippen LogP contribution in [0.15, 0.2) is 24.3 Å². The minimum atomic E-state index is 0.238. The molecule has 0 amide bonds. The molecular weight excluding hydrogens is 236 g/mol. The summed E-state index contributed by atoms with van der Waals surface area (Å²) >= 11 is 0. The Labute approximate surface area is 115 Å². The normalized spacial score (nSPS) is 25.7. The highest BCUT2D eigenvalue weighted by atomic mass is 16.5. The molecule has 3 heteroatoms. The number of ether oxygens (including phenoxy) is 1. The number of rotatable bonds is 3. The van der Waals surface area contributed by atoms with Crippen molar-refractivity contribution in [3.63, 3.8) is 0 Å². The lowest BCUT2D eigenvalue weighted by Gasteiger charge is -2.40. The fourth-order valence-corrected chi connectivity index (χ4v) is 3.84. The molecule has 1 unspecified atom stereocenters. The topological polar surface area (TPSA) is 38.5 Å². The summed E-state index contributed by atoms with van der Waals surface area (Å²) in [6.45, 7) is 4.23. The molecule has 3 rings (SSSR count). The van der Waals surface area contributed by atoms with E-state index < -0.39 is 0 Å². The maximum atomic E-state index is 6.33. The third-order valence-electron chi connectivity index (χ3n) is 4.97. The fraction of sp³-hybridized carbons (Fsp3) is 0.625. The van der Waals surface area contributed by atoms with Gasteiger partial charge in [-0.2, -0.15) is 0 Å². The molecule has 104 valence electrons. The summed E-state index contributed by atoms with van der Waals surface area (Å²) in [6.07, 6.45) is 3.60. The summed E-state index contributed by atoms with van der Waals surface area (Å²) in [5.41, 5.74) is 9.58. The molecule has 1 aliphatic heterocycles. The molecule has 1 aromatic carbocycles. The Balaban J connectivity index is 1.74. The van der Waals surface area contributed by atoms with E-state index in [4.69, 9.17) is 10.5 Å². The number of likely N-dealkylation sites (tertiary alicyclic amines) is 1. The fourth-order valence-electron chi connectivity index (χ4n) is 3.84. The van der Waals surface area contributed by atoms with Crippen LogP contribution in [0.4, 0.5) is 0 Å². The Morgan fingerprint density at radius 1 is 1.32 bits per heavy atom. The van der Waals surface area contributed by atoms with E-state index in [-0.39, 0.29) is 6.04 Å². The molecule has 0 saturated carbocycles. The molecule has 0 aromatic heterocycles. The third-order valence-corrected chi connectivity index (χ3v) is 4.97. The third kappa shape index (κ3) is 2.31. The molecule has 1 saturated heterocycles. The van der Waals surface area contributed by atoms with Gasteiger partial charge in [-0.05, 0) is 48.9 Å². The average Bonchev–Trinajstić information content (AvgIpc) is 2.72.